The van der Waals surface area contributed by atoms with E-state index in [-0.39, 0.29) is 11.9 Å². The molecule has 1 fully saturated rings. The molecule has 0 spiro atoms. The Morgan fingerprint density at radius 1 is 1.41 bits per heavy atom. The van der Waals surface area contributed by atoms with Crippen LogP contribution in [0.3, 0.4) is 0 Å². The Balaban J connectivity index is 1.68. The molecule has 2 aromatic rings. The summed E-state index contributed by atoms with van der Waals surface area (Å²) in [6.07, 6.45) is 3.82. The normalized spacial score (nSPS) is 18.1. The highest BCUT2D eigenvalue weighted by Crippen LogP contribution is 2.11. The second-order valence-corrected chi connectivity index (χ2v) is 5.80. The van der Waals surface area contributed by atoms with E-state index in [2.05, 4.69) is 27.9 Å². The van der Waals surface area contributed by atoms with Gasteiger partial charge in [-0.15, -0.1) is 0 Å². The van der Waals surface area contributed by atoms with E-state index in [4.69, 9.17) is 0 Å². The smallest absolute Gasteiger partial charge is 0.255 e. The summed E-state index contributed by atoms with van der Waals surface area (Å²) in [6.45, 7) is 4.53. The van der Waals surface area contributed by atoms with Gasteiger partial charge in [0.2, 0.25) is 0 Å². The molecule has 1 amide bonds. The first kappa shape index (κ1) is 14.8. The summed E-state index contributed by atoms with van der Waals surface area (Å²) < 4.78 is 1.88. The summed E-state index contributed by atoms with van der Waals surface area (Å²) in [5.74, 6) is -0.0227. The van der Waals surface area contributed by atoms with Gasteiger partial charge in [0.05, 0.1) is 18.3 Å². The van der Waals surface area contributed by atoms with Crippen LogP contribution in [0.5, 0.6) is 0 Å². The van der Waals surface area contributed by atoms with Crippen LogP contribution >= 0.6 is 0 Å². The van der Waals surface area contributed by atoms with Crippen LogP contribution in [0.15, 0.2) is 36.5 Å². The molecule has 1 aromatic carbocycles. The Labute approximate surface area is 130 Å². The number of carbonyl (C=O) groups excluding carboxylic acids is 1. The number of nitrogens with zero attached hydrogens (tertiary/aromatic N) is 2. The Hall–Kier alpha value is -2.14. The number of amides is 1. The van der Waals surface area contributed by atoms with Crippen molar-refractivity contribution in [2.45, 2.75) is 32.4 Å². The number of hydrogen-bond donors (Lipinski definition) is 2. The quantitative estimate of drug-likeness (QED) is 0.903. The first-order chi connectivity index (χ1) is 10.7. The first-order valence-corrected chi connectivity index (χ1v) is 7.82. The maximum atomic E-state index is 12.4. The van der Waals surface area contributed by atoms with Crippen molar-refractivity contribution < 1.29 is 4.79 Å². The molecule has 1 atom stereocenters. The fourth-order valence-electron chi connectivity index (χ4n) is 2.82. The zero-order valence-electron chi connectivity index (χ0n) is 12.9. The predicted octanol–water partition coefficient (Wildman–Crippen LogP) is 1.72. The van der Waals surface area contributed by atoms with Crippen molar-refractivity contribution >= 4 is 5.91 Å². The van der Waals surface area contributed by atoms with Crippen LogP contribution < -0.4 is 10.6 Å². The number of rotatable bonds is 4. The lowest BCUT2D eigenvalue weighted by Gasteiger charge is -2.23. The van der Waals surface area contributed by atoms with E-state index in [1.807, 2.05) is 29.8 Å². The second kappa shape index (κ2) is 6.75. The minimum atomic E-state index is -0.0227. The largest absolute Gasteiger partial charge is 0.348 e. The summed E-state index contributed by atoms with van der Waals surface area (Å²) >= 11 is 0. The van der Waals surface area contributed by atoms with Gasteiger partial charge in [0, 0.05) is 18.3 Å². The van der Waals surface area contributed by atoms with E-state index < -0.39 is 0 Å². The molecule has 1 aliphatic rings. The molecule has 5 heteroatoms. The maximum absolute atomic E-state index is 12.4. The highest BCUT2D eigenvalue weighted by molar-refractivity contribution is 5.95. The van der Waals surface area contributed by atoms with E-state index in [0.717, 1.165) is 31.6 Å². The van der Waals surface area contributed by atoms with Crippen molar-refractivity contribution in [3.63, 3.8) is 0 Å². The van der Waals surface area contributed by atoms with Crippen LogP contribution in [-0.4, -0.2) is 34.8 Å². The summed E-state index contributed by atoms with van der Waals surface area (Å²) in [5, 5.41) is 10.8. The minimum Gasteiger partial charge on any atom is -0.348 e. The van der Waals surface area contributed by atoms with Gasteiger partial charge in [-0.2, -0.15) is 5.10 Å². The molecule has 0 saturated carbocycles. The molecule has 2 N–H and O–H groups in total. The van der Waals surface area contributed by atoms with Crippen molar-refractivity contribution in [3.05, 3.63) is 53.3 Å². The molecular formula is C17H22N4O. The molecule has 22 heavy (non-hydrogen) atoms. The third kappa shape index (κ3) is 3.36. The number of carbonyl (C=O) groups is 1. The molecule has 0 aliphatic carbocycles. The van der Waals surface area contributed by atoms with Crippen LogP contribution in [0.2, 0.25) is 0 Å². The monoisotopic (exact) mass is 298 g/mol. The molecule has 116 valence electrons. The molecule has 2 heterocycles. The molecule has 1 aromatic heterocycles. The van der Waals surface area contributed by atoms with Crippen LogP contribution in [0.4, 0.5) is 0 Å². The van der Waals surface area contributed by atoms with Gasteiger partial charge in [-0.1, -0.05) is 30.3 Å². The van der Waals surface area contributed by atoms with Crippen molar-refractivity contribution in [1.82, 2.24) is 20.4 Å². The summed E-state index contributed by atoms with van der Waals surface area (Å²) in [7, 11) is 0. The highest BCUT2D eigenvalue weighted by Gasteiger charge is 2.19. The van der Waals surface area contributed by atoms with Crippen LogP contribution in [0.1, 0.15) is 34.5 Å². The zero-order valence-corrected chi connectivity index (χ0v) is 12.9. The van der Waals surface area contributed by atoms with Gasteiger partial charge >= 0.3 is 0 Å². The molecule has 0 radical (unpaired) electrons. The molecule has 3 rings (SSSR count). The number of piperidine rings is 1. The summed E-state index contributed by atoms with van der Waals surface area (Å²) in [4.78, 5) is 12.4. The number of aromatic nitrogens is 2. The van der Waals surface area contributed by atoms with E-state index in [9.17, 15) is 4.79 Å². The van der Waals surface area contributed by atoms with E-state index in [0.29, 0.717) is 12.1 Å². The third-order valence-electron chi connectivity index (χ3n) is 4.16. The fourth-order valence-corrected chi connectivity index (χ4v) is 2.82. The Morgan fingerprint density at radius 3 is 2.95 bits per heavy atom. The van der Waals surface area contributed by atoms with Gasteiger partial charge in [-0.25, -0.2) is 0 Å². The SMILES string of the molecule is Cc1c(C(=O)NC2CCCNC2)cnn1Cc1ccccc1. The standard InChI is InChI=1S/C17H22N4O/c1-13-16(17(22)20-15-8-5-9-18-10-15)11-19-21(13)12-14-6-3-2-4-7-14/h2-4,6-7,11,15,18H,5,8-10,12H2,1H3,(H,20,22). The second-order valence-electron chi connectivity index (χ2n) is 5.80. The topological polar surface area (TPSA) is 59.0 Å². The molecule has 0 bridgehead atoms. The summed E-state index contributed by atoms with van der Waals surface area (Å²) in [6, 6.07) is 10.4. The van der Waals surface area contributed by atoms with Gasteiger partial charge in [-0.05, 0) is 31.9 Å². The van der Waals surface area contributed by atoms with Crippen molar-refractivity contribution in [2.75, 3.05) is 13.1 Å². The molecule has 1 unspecified atom stereocenters. The lowest BCUT2D eigenvalue weighted by molar-refractivity contribution is 0.0930. The number of benzene rings is 1. The lowest BCUT2D eigenvalue weighted by Crippen LogP contribution is -2.45. The van der Waals surface area contributed by atoms with Crippen molar-refractivity contribution in [3.8, 4) is 0 Å². The van der Waals surface area contributed by atoms with Gasteiger partial charge in [0.1, 0.15) is 0 Å². The first-order valence-electron chi connectivity index (χ1n) is 7.82. The van der Waals surface area contributed by atoms with Gasteiger partial charge in [0.15, 0.2) is 0 Å². The van der Waals surface area contributed by atoms with E-state index in [1.165, 1.54) is 5.56 Å². The Bertz CT molecular complexity index is 629. The van der Waals surface area contributed by atoms with Crippen LogP contribution in [-0.2, 0) is 6.54 Å². The highest BCUT2D eigenvalue weighted by atomic mass is 16.1. The summed E-state index contributed by atoms with van der Waals surface area (Å²) in [5.41, 5.74) is 2.75. The Kier molecular flexibility index (Phi) is 4.53. The van der Waals surface area contributed by atoms with Crippen molar-refractivity contribution in [2.24, 2.45) is 0 Å². The fraction of sp³-hybridized carbons (Fsp3) is 0.412. The van der Waals surface area contributed by atoms with Gasteiger partial charge < -0.3 is 10.6 Å². The maximum Gasteiger partial charge on any atom is 0.255 e. The molecule has 1 saturated heterocycles. The predicted molar refractivity (Wildman–Crippen MR) is 85.9 cm³/mol. The van der Waals surface area contributed by atoms with Crippen LogP contribution in [0.25, 0.3) is 0 Å². The third-order valence-corrected chi connectivity index (χ3v) is 4.16. The van der Waals surface area contributed by atoms with E-state index in [1.54, 1.807) is 6.20 Å². The molecule has 5 nitrogen and oxygen atoms in total. The minimum absolute atomic E-state index is 0.0227. The number of hydrogen-bond acceptors (Lipinski definition) is 3. The Morgan fingerprint density at radius 2 is 2.23 bits per heavy atom. The van der Waals surface area contributed by atoms with Gasteiger partial charge in [0.25, 0.3) is 5.91 Å². The number of nitrogens with one attached hydrogen (secondary N) is 2. The van der Waals surface area contributed by atoms with Gasteiger partial charge in [-0.3, -0.25) is 9.48 Å². The zero-order chi connectivity index (χ0) is 15.4. The van der Waals surface area contributed by atoms with Crippen LogP contribution in [0, 0.1) is 6.92 Å². The molecule has 1 aliphatic heterocycles. The lowest BCUT2D eigenvalue weighted by atomic mass is 10.1. The molecular weight excluding hydrogens is 276 g/mol. The van der Waals surface area contributed by atoms with Crippen molar-refractivity contribution in [1.29, 1.82) is 0 Å². The average Bonchev–Trinajstić information content (AvgIpc) is 2.90. The average molecular weight is 298 g/mol. The van der Waals surface area contributed by atoms with E-state index >= 15 is 0 Å².